The van der Waals surface area contributed by atoms with Crippen LogP contribution >= 0.6 is 12.2 Å². The van der Waals surface area contributed by atoms with Crippen molar-refractivity contribution in [3.63, 3.8) is 0 Å². The maximum Gasteiger partial charge on any atom is 0.244 e. The number of amides is 1. The largest absolute Gasteiger partial charge is 0.389 e. The summed E-state index contributed by atoms with van der Waals surface area (Å²) in [7, 11) is -3.88. The molecule has 0 radical (unpaired) electrons. The zero-order chi connectivity index (χ0) is 16.0. The first-order valence-corrected chi connectivity index (χ1v) is 8.32. The Bertz CT molecular complexity index is 629. The number of carbonyl (C=O) groups excluding carboxylic acids is 1. The van der Waals surface area contributed by atoms with Gasteiger partial charge in [-0.05, 0) is 12.5 Å². The third kappa shape index (κ3) is 4.48. The van der Waals surface area contributed by atoms with Gasteiger partial charge >= 0.3 is 0 Å². The van der Waals surface area contributed by atoms with Gasteiger partial charge in [0.25, 0.3) is 0 Å². The Balaban J connectivity index is 3.28. The van der Waals surface area contributed by atoms with E-state index < -0.39 is 15.9 Å². The van der Waals surface area contributed by atoms with E-state index in [0.29, 0.717) is 6.42 Å². The fourth-order valence-corrected chi connectivity index (χ4v) is 3.72. The molecule has 1 rings (SSSR count). The van der Waals surface area contributed by atoms with E-state index in [4.69, 9.17) is 23.7 Å². The van der Waals surface area contributed by atoms with E-state index in [9.17, 15) is 13.2 Å². The van der Waals surface area contributed by atoms with Crippen LogP contribution in [0.2, 0.25) is 0 Å². The highest BCUT2D eigenvalue weighted by molar-refractivity contribution is 7.89. The van der Waals surface area contributed by atoms with Gasteiger partial charge in [-0.2, -0.15) is 4.31 Å². The molecule has 0 aliphatic carbocycles. The second-order valence-corrected chi connectivity index (χ2v) is 6.87. The number of nitrogens with two attached hydrogens (primary N) is 2. The molecule has 21 heavy (non-hydrogen) atoms. The van der Waals surface area contributed by atoms with E-state index in [1.807, 2.05) is 6.92 Å². The van der Waals surface area contributed by atoms with Crippen LogP contribution in [0.3, 0.4) is 0 Å². The lowest BCUT2D eigenvalue weighted by molar-refractivity contribution is -0.118. The third-order valence-electron chi connectivity index (χ3n) is 2.86. The third-order valence-corrected chi connectivity index (χ3v) is 4.99. The quantitative estimate of drug-likeness (QED) is 0.679. The van der Waals surface area contributed by atoms with Crippen LogP contribution < -0.4 is 11.5 Å². The number of primary amides is 1. The number of sulfonamides is 1. The molecule has 0 aromatic heterocycles. The Labute approximate surface area is 130 Å². The molecule has 0 aliphatic rings. The fraction of sp³-hybridized carbons (Fsp3) is 0.385. The normalized spacial score (nSPS) is 11.5. The standard InChI is InChI=1S/C13H19N3O3S2/c1-2-3-8-16(9-12(14)17)21(18,19)11-7-5-4-6-10(11)13(15)20/h4-7H,2-3,8-9H2,1H3,(H2,14,17)(H2,15,20). The highest BCUT2D eigenvalue weighted by Crippen LogP contribution is 2.20. The van der Waals surface area contributed by atoms with Gasteiger partial charge in [-0.25, -0.2) is 8.42 Å². The van der Waals surface area contributed by atoms with Crippen LogP contribution in [-0.4, -0.2) is 36.7 Å². The van der Waals surface area contributed by atoms with E-state index in [1.165, 1.54) is 12.1 Å². The molecule has 0 bridgehead atoms. The van der Waals surface area contributed by atoms with Crippen LogP contribution in [0.25, 0.3) is 0 Å². The predicted molar refractivity (Wildman–Crippen MR) is 85.2 cm³/mol. The second-order valence-electron chi connectivity index (χ2n) is 4.52. The van der Waals surface area contributed by atoms with Crippen LogP contribution in [0.1, 0.15) is 25.3 Å². The zero-order valence-electron chi connectivity index (χ0n) is 11.8. The average Bonchev–Trinajstić information content (AvgIpc) is 2.42. The first-order valence-electron chi connectivity index (χ1n) is 6.48. The van der Waals surface area contributed by atoms with Gasteiger partial charge in [-0.1, -0.05) is 43.8 Å². The van der Waals surface area contributed by atoms with E-state index >= 15 is 0 Å². The van der Waals surface area contributed by atoms with E-state index in [1.54, 1.807) is 12.1 Å². The minimum absolute atomic E-state index is 0.00477. The summed E-state index contributed by atoms with van der Waals surface area (Å²) in [5.74, 6) is -0.706. The first kappa shape index (κ1) is 17.5. The molecule has 0 saturated carbocycles. The van der Waals surface area contributed by atoms with Crippen molar-refractivity contribution in [2.75, 3.05) is 13.1 Å². The summed E-state index contributed by atoms with van der Waals surface area (Å²) in [5, 5.41) is 0. The van der Waals surface area contributed by atoms with E-state index in [-0.39, 0.29) is 28.5 Å². The Morgan fingerprint density at radius 2 is 1.90 bits per heavy atom. The van der Waals surface area contributed by atoms with Gasteiger partial charge in [0.05, 0.1) is 11.4 Å². The SMILES string of the molecule is CCCCN(CC(N)=O)S(=O)(=O)c1ccccc1C(N)=S. The molecule has 8 heteroatoms. The van der Waals surface area contributed by atoms with Crippen LogP contribution in [0, 0.1) is 0 Å². The highest BCUT2D eigenvalue weighted by atomic mass is 32.2. The smallest absolute Gasteiger partial charge is 0.244 e. The minimum Gasteiger partial charge on any atom is -0.389 e. The molecule has 1 aromatic carbocycles. The highest BCUT2D eigenvalue weighted by Gasteiger charge is 2.28. The Kier molecular flexibility index (Phi) is 6.25. The molecule has 116 valence electrons. The number of hydrogen-bond donors (Lipinski definition) is 2. The Hall–Kier alpha value is -1.51. The summed E-state index contributed by atoms with van der Waals surface area (Å²) in [6.45, 7) is 1.78. The summed E-state index contributed by atoms with van der Waals surface area (Å²) in [6, 6.07) is 6.19. The van der Waals surface area contributed by atoms with Crippen molar-refractivity contribution < 1.29 is 13.2 Å². The Morgan fingerprint density at radius 1 is 1.29 bits per heavy atom. The molecule has 0 atom stereocenters. The van der Waals surface area contributed by atoms with Gasteiger partial charge in [0.2, 0.25) is 15.9 Å². The first-order chi connectivity index (χ1) is 9.80. The lowest BCUT2D eigenvalue weighted by atomic mass is 10.2. The average molecular weight is 329 g/mol. The molecule has 0 spiro atoms. The molecule has 1 aromatic rings. The number of unbranched alkanes of at least 4 members (excludes halogenated alkanes) is 1. The summed E-state index contributed by atoms with van der Waals surface area (Å²) < 4.78 is 26.5. The lowest BCUT2D eigenvalue weighted by Crippen LogP contribution is -2.39. The minimum atomic E-state index is -3.88. The van der Waals surface area contributed by atoms with E-state index in [2.05, 4.69) is 0 Å². The zero-order valence-corrected chi connectivity index (χ0v) is 13.4. The van der Waals surface area contributed by atoms with Crippen LogP contribution in [0.15, 0.2) is 29.2 Å². The number of carbonyl (C=O) groups is 1. The number of nitrogens with zero attached hydrogens (tertiary/aromatic N) is 1. The summed E-state index contributed by atoms with van der Waals surface area (Å²) >= 11 is 4.88. The molecule has 6 nitrogen and oxygen atoms in total. The van der Waals surface area contributed by atoms with E-state index in [0.717, 1.165) is 10.7 Å². The van der Waals surface area contributed by atoms with Gasteiger partial charge < -0.3 is 11.5 Å². The van der Waals surface area contributed by atoms with Crippen molar-refractivity contribution in [2.45, 2.75) is 24.7 Å². The molecule has 0 saturated heterocycles. The number of hydrogen-bond acceptors (Lipinski definition) is 4. The molecule has 0 unspecified atom stereocenters. The maximum atomic E-state index is 12.7. The monoisotopic (exact) mass is 329 g/mol. The number of thiocarbonyl (C=S) groups is 1. The summed E-state index contributed by atoms with van der Waals surface area (Å²) in [4.78, 5) is 11.1. The molecule has 0 fully saturated rings. The van der Waals surface area contributed by atoms with Gasteiger partial charge in [0, 0.05) is 12.1 Å². The summed E-state index contributed by atoms with van der Waals surface area (Å²) in [5.41, 5.74) is 11.0. The van der Waals surface area contributed by atoms with Crippen LogP contribution in [0.4, 0.5) is 0 Å². The number of benzene rings is 1. The lowest BCUT2D eigenvalue weighted by Gasteiger charge is -2.22. The molecular formula is C13H19N3O3S2. The maximum absolute atomic E-state index is 12.7. The molecule has 0 heterocycles. The van der Waals surface area contributed by atoms with Crippen molar-refractivity contribution in [1.29, 1.82) is 0 Å². The Morgan fingerprint density at radius 3 is 2.43 bits per heavy atom. The van der Waals surface area contributed by atoms with Gasteiger partial charge in [-0.3, -0.25) is 4.79 Å². The second kappa shape index (κ2) is 7.48. The summed E-state index contributed by atoms with van der Waals surface area (Å²) in [6.07, 6.45) is 1.42. The van der Waals surface area contributed by atoms with Gasteiger partial charge in [-0.15, -0.1) is 0 Å². The van der Waals surface area contributed by atoms with Crippen molar-refractivity contribution in [1.82, 2.24) is 4.31 Å². The fourth-order valence-electron chi connectivity index (χ4n) is 1.83. The van der Waals surface area contributed by atoms with Gasteiger partial charge in [0.1, 0.15) is 4.99 Å². The van der Waals surface area contributed by atoms with Crippen LogP contribution in [0.5, 0.6) is 0 Å². The van der Waals surface area contributed by atoms with Gasteiger partial charge in [0.15, 0.2) is 0 Å². The van der Waals surface area contributed by atoms with Crippen molar-refractivity contribution in [3.8, 4) is 0 Å². The number of rotatable bonds is 8. The van der Waals surface area contributed by atoms with Crippen LogP contribution in [-0.2, 0) is 14.8 Å². The topological polar surface area (TPSA) is 106 Å². The van der Waals surface area contributed by atoms with Crippen molar-refractivity contribution in [3.05, 3.63) is 29.8 Å². The van der Waals surface area contributed by atoms with Crippen molar-refractivity contribution >= 4 is 33.1 Å². The molecule has 0 aliphatic heterocycles. The molecular weight excluding hydrogens is 310 g/mol. The molecule has 4 N–H and O–H groups in total. The van der Waals surface area contributed by atoms with Crippen molar-refractivity contribution in [2.24, 2.45) is 11.5 Å². The predicted octanol–water partition coefficient (Wildman–Crippen LogP) is 0.597. The molecule has 1 amide bonds.